The number of rotatable bonds is 5. The molecular formula is C11H18N2OS. The van der Waals surface area contributed by atoms with E-state index in [4.69, 9.17) is 5.73 Å². The smallest absolute Gasteiger partial charge is 0.136 e. The van der Waals surface area contributed by atoms with Gasteiger partial charge in [0.25, 0.3) is 0 Å². The Kier molecular flexibility index (Phi) is 4.29. The normalized spacial score (nSPS) is 12.5. The van der Waals surface area contributed by atoms with Gasteiger partial charge >= 0.3 is 0 Å². The van der Waals surface area contributed by atoms with Crippen LogP contribution in [0.15, 0.2) is 0 Å². The van der Waals surface area contributed by atoms with Crippen molar-refractivity contribution < 1.29 is 4.79 Å². The summed E-state index contributed by atoms with van der Waals surface area (Å²) in [5.74, 6) is 0. The number of aryl methyl sites for hydroxylation is 2. The monoisotopic (exact) mass is 226 g/mol. The van der Waals surface area contributed by atoms with Crippen molar-refractivity contribution in [3.8, 4) is 0 Å². The molecule has 0 radical (unpaired) electrons. The maximum Gasteiger partial charge on any atom is 0.136 e. The highest BCUT2D eigenvalue weighted by atomic mass is 32.1. The van der Waals surface area contributed by atoms with Crippen LogP contribution in [0.3, 0.4) is 0 Å². The van der Waals surface area contributed by atoms with E-state index in [2.05, 4.69) is 19.2 Å². The fraction of sp³-hybridized carbons (Fsp3) is 0.545. The summed E-state index contributed by atoms with van der Waals surface area (Å²) in [6, 6.07) is -0.339. The van der Waals surface area contributed by atoms with Crippen molar-refractivity contribution in [2.45, 2.75) is 32.7 Å². The van der Waals surface area contributed by atoms with Gasteiger partial charge in [0, 0.05) is 16.8 Å². The first-order chi connectivity index (χ1) is 7.10. The molecular weight excluding hydrogens is 208 g/mol. The SMILES string of the molecule is CNc1c(C)sc(C)c1CCC(N)C=O. The minimum atomic E-state index is -0.339. The largest absolute Gasteiger partial charge is 0.387 e. The van der Waals surface area contributed by atoms with Crippen molar-refractivity contribution in [2.75, 3.05) is 12.4 Å². The third kappa shape index (κ3) is 2.79. The van der Waals surface area contributed by atoms with Crippen LogP contribution < -0.4 is 11.1 Å². The second kappa shape index (κ2) is 5.28. The Morgan fingerprint density at radius 1 is 1.47 bits per heavy atom. The van der Waals surface area contributed by atoms with Crippen LogP contribution in [0.1, 0.15) is 21.7 Å². The Bertz CT molecular complexity index is 347. The van der Waals surface area contributed by atoms with Crippen LogP contribution in [0.2, 0.25) is 0 Å². The van der Waals surface area contributed by atoms with Gasteiger partial charge in [0.1, 0.15) is 6.29 Å². The first kappa shape index (κ1) is 12.2. The van der Waals surface area contributed by atoms with Crippen molar-refractivity contribution in [3.63, 3.8) is 0 Å². The highest BCUT2D eigenvalue weighted by Gasteiger charge is 2.12. The van der Waals surface area contributed by atoms with Gasteiger partial charge in [0.2, 0.25) is 0 Å². The zero-order valence-electron chi connectivity index (χ0n) is 9.46. The zero-order chi connectivity index (χ0) is 11.4. The molecule has 1 rings (SSSR count). The summed E-state index contributed by atoms with van der Waals surface area (Å²) in [6.07, 6.45) is 2.40. The number of carbonyl (C=O) groups is 1. The van der Waals surface area contributed by atoms with Gasteiger partial charge in [-0.15, -0.1) is 11.3 Å². The maximum atomic E-state index is 10.4. The molecule has 0 fully saturated rings. The van der Waals surface area contributed by atoms with E-state index in [0.717, 1.165) is 19.1 Å². The Morgan fingerprint density at radius 3 is 2.67 bits per heavy atom. The molecule has 3 N–H and O–H groups in total. The summed E-state index contributed by atoms with van der Waals surface area (Å²) in [5, 5.41) is 3.21. The Hall–Kier alpha value is -0.870. The van der Waals surface area contributed by atoms with Crippen LogP contribution >= 0.6 is 11.3 Å². The quantitative estimate of drug-likeness (QED) is 0.754. The molecule has 0 aliphatic heterocycles. The molecule has 0 aliphatic carbocycles. The molecule has 1 heterocycles. The van der Waals surface area contributed by atoms with E-state index in [-0.39, 0.29) is 6.04 Å². The molecule has 1 unspecified atom stereocenters. The lowest BCUT2D eigenvalue weighted by Crippen LogP contribution is -2.22. The lowest BCUT2D eigenvalue weighted by Gasteiger charge is -2.07. The Morgan fingerprint density at radius 2 is 2.13 bits per heavy atom. The maximum absolute atomic E-state index is 10.4. The van der Waals surface area contributed by atoms with Gasteiger partial charge in [-0.2, -0.15) is 0 Å². The van der Waals surface area contributed by atoms with Gasteiger partial charge < -0.3 is 15.8 Å². The molecule has 0 saturated heterocycles. The minimum Gasteiger partial charge on any atom is -0.387 e. The third-order valence-electron chi connectivity index (χ3n) is 2.54. The van der Waals surface area contributed by atoms with Gasteiger partial charge in [-0.1, -0.05) is 0 Å². The van der Waals surface area contributed by atoms with E-state index in [0.29, 0.717) is 0 Å². The van der Waals surface area contributed by atoms with Crippen molar-refractivity contribution in [1.82, 2.24) is 0 Å². The summed E-state index contributed by atoms with van der Waals surface area (Å²) >= 11 is 1.79. The van der Waals surface area contributed by atoms with Crippen LogP contribution in [-0.2, 0) is 11.2 Å². The molecule has 0 amide bonds. The molecule has 0 aliphatic rings. The summed E-state index contributed by atoms with van der Waals surface area (Å²) in [6.45, 7) is 4.22. The van der Waals surface area contributed by atoms with E-state index in [1.807, 2.05) is 7.05 Å². The number of thiophene rings is 1. The van der Waals surface area contributed by atoms with Crippen LogP contribution in [0.25, 0.3) is 0 Å². The lowest BCUT2D eigenvalue weighted by atomic mass is 10.1. The minimum absolute atomic E-state index is 0.339. The van der Waals surface area contributed by atoms with E-state index >= 15 is 0 Å². The van der Waals surface area contributed by atoms with E-state index < -0.39 is 0 Å². The van der Waals surface area contributed by atoms with Crippen molar-refractivity contribution in [1.29, 1.82) is 0 Å². The average molecular weight is 226 g/mol. The predicted octanol–water partition coefficient (Wildman–Crippen LogP) is 1.87. The molecule has 15 heavy (non-hydrogen) atoms. The highest BCUT2D eigenvalue weighted by Crippen LogP contribution is 2.32. The summed E-state index contributed by atoms with van der Waals surface area (Å²) < 4.78 is 0. The second-order valence-electron chi connectivity index (χ2n) is 3.66. The lowest BCUT2D eigenvalue weighted by molar-refractivity contribution is -0.109. The van der Waals surface area contributed by atoms with Gasteiger partial charge in [-0.25, -0.2) is 0 Å². The van der Waals surface area contributed by atoms with Crippen molar-refractivity contribution in [3.05, 3.63) is 15.3 Å². The fourth-order valence-electron chi connectivity index (χ4n) is 1.74. The molecule has 1 aromatic rings. The summed E-state index contributed by atoms with van der Waals surface area (Å²) in [4.78, 5) is 13.0. The first-order valence-electron chi connectivity index (χ1n) is 5.07. The van der Waals surface area contributed by atoms with Gasteiger partial charge in [0.05, 0.1) is 11.7 Å². The number of anilines is 1. The standard InChI is InChI=1S/C11H18N2OS/c1-7-10(5-4-9(12)6-14)11(13-3)8(2)15-7/h6,9,13H,4-5,12H2,1-3H3. The number of aldehydes is 1. The molecule has 3 nitrogen and oxygen atoms in total. The van der Waals surface area contributed by atoms with E-state index in [1.54, 1.807) is 11.3 Å². The molecule has 4 heteroatoms. The van der Waals surface area contributed by atoms with Crippen molar-refractivity contribution in [2.24, 2.45) is 5.73 Å². The number of hydrogen-bond donors (Lipinski definition) is 2. The predicted molar refractivity (Wildman–Crippen MR) is 65.7 cm³/mol. The summed E-state index contributed by atoms with van der Waals surface area (Å²) in [7, 11) is 1.93. The number of nitrogens with two attached hydrogens (primary N) is 1. The fourth-order valence-corrected chi connectivity index (χ4v) is 2.85. The van der Waals surface area contributed by atoms with E-state index in [9.17, 15) is 4.79 Å². The van der Waals surface area contributed by atoms with Crippen molar-refractivity contribution >= 4 is 23.3 Å². The van der Waals surface area contributed by atoms with Crippen LogP contribution in [0.4, 0.5) is 5.69 Å². The number of nitrogens with one attached hydrogen (secondary N) is 1. The Balaban J connectivity index is 2.79. The van der Waals surface area contributed by atoms with Crippen LogP contribution in [0, 0.1) is 13.8 Å². The number of hydrogen-bond acceptors (Lipinski definition) is 4. The van der Waals surface area contributed by atoms with Gasteiger partial charge in [-0.05, 0) is 32.3 Å². The topological polar surface area (TPSA) is 55.1 Å². The Labute approximate surface area is 94.7 Å². The van der Waals surface area contributed by atoms with Crippen LogP contribution in [0.5, 0.6) is 0 Å². The molecule has 84 valence electrons. The molecule has 0 bridgehead atoms. The van der Waals surface area contributed by atoms with E-state index in [1.165, 1.54) is 21.0 Å². The zero-order valence-corrected chi connectivity index (χ0v) is 10.3. The summed E-state index contributed by atoms with van der Waals surface area (Å²) in [5.41, 5.74) is 8.09. The van der Waals surface area contributed by atoms with Gasteiger partial charge in [-0.3, -0.25) is 0 Å². The molecule has 0 aromatic carbocycles. The third-order valence-corrected chi connectivity index (χ3v) is 3.60. The molecule has 1 aromatic heterocycles. The molecule has 0 saturated carbocycles. The first-order valence-corrected chi connectivity index (χ1v) is 5.89. The van der Waals surface area contributed by atoms with Gasteiger partial charge in [0.15, 0.2) is 0 Å². The second-order valence-corrected chi connectivity index (χ2v) is 5.09. The average Bonchev–Trinajstić information content (AvgIpc) is 2.49. The van der Waals surface area contributed by atoms with Crippen LogP contribution in [-0.4, -0.2) is 19.4 Å². The highest BCUT2D eigenvalue weighted by molar-refractivity contribution is 7.12. The molecule has 0 spiro atoms. The molecule has 1 atom stereocenters. The number of carbonyl (C=O) groups excluding carboxylic acids is 1.